The van der Waals surface area contributed by atoms with Gasteiger partial charge in [0.1, 0.15) is 0 Å². The van der Waals surface area contributed by atoms with E-state index in [1.165, 1.54) is 0 Å². The lowest BCUT2D eigenvalue weighted by Crippen LogP contribution is -1.92. The van der Waals surface area contributed by atoms with E-state index in [1.807, 2.05) is 0 Å². The Kier molecular flexibility index (Phi) is 6.37. The molecule has 0 saturated carbocycles. The summed E-state index contributed by atoms with van der Waals surface area (Å²) in [5.74, 6) is 0. The van der Waals surface area contributed by atoms with Gasteiger partial charge in [-0.25, -0.2) is 0 Å². The van der Waals surface area contributed by atoms with Gasteiger partial charge in [-0.05, 0) is 12.8 Å². The summed E-state index contributed by atoms with van der Waals surface area (Å²) in [6.45, 7) is 3.28. The van der Waals surface area contributed by atoms with Gasteiger partial charge in [0.2, 0.25) is 0 Å². The molecule has 0 amide bonds. The molecule has 0 bridgehead atoms. The molecule has 0 saturated heterocycles. The first kappa shape index (κ1) is 10.8. The van der Waals surface area contributed by atoms with Crippen molar-refractivity contribution < 1.29 is 0 Å². The molecule has 14 heavy (non-hydrogen) atoms. The van der Waals surface area contributed by atoms with Crippen LogP contribution in [0.4, 0.5) is 0 Å². The van der Waals surface area contributed by atoms with Gasteiger partial charge in [-0.1, -0.05) is 0 Å². The molecule has 0 atom stereocenters. The van der Waals surface area contributed by atoms with E-state index in [4.69, 9.17) is 0 Å². The average molecular weight is 192 g/mol. The van der Waals surface area contributed by atoms with Gasteiger partial charge in [0, 0.05) is 51.0 Å². The number of nitrogens with zero attached hydrogens (tertiary/aromatic N) is 4. The van der Waals surface area contributed by atoms with E-state index in [2.05, 4.69) is 20.0 Å². The number of aliphatic imine (C=N–C) groups is 4. The van der Waals surface area contributed by atoms with E-state index < -0.39 is 0 Å². The molecule has 4 heteroatoms. The smallest absolute Gasteiger partial charge is 0.0407 e. The molecule has 1 aliphatic rings. The maximum Gasteiger partial charge on any atom is 0.0407 e. The van der Waals surface area contributed by atoms with Crippen molar-refractivity contribution in [1.29, 1.82) is 0 Å². The largest absolute Gasteiger partial charge is 0.292 e. The summed E-state index contributed by atoms with van der Waals surface area (Å²) in [7, 11) is 0. The van der Waals surface area contributed by atoms with Crippen molar-refractivity contribution in [3.8, 4) is 0 Å². The van der Waals surface area contributed by atoms with Crippen LogP contribution in [0.25, 0.3) is 0 Å². The lowest BCUT2D eigenvalue weighted by atomic mass is 10.4. The Morgan fingerprint density at radius 3 is 1.07 bits per heavy atom. The number of hydrogen-bond donors (Lipinski definition) is 0. The maximum absolute atomic E-state index is 4.18. The molecule has 0 aromatic carbocycles. The summed E-state index contributed by atoms with van der Waals surface area (Å²) in [5, 5.41) is 0. The van der Waals surface area contributed by atoms with E-state index in [-0.39, 0.29) is 0 Å². The van der Waals surface area contributed by atoms with Crippen LogP contribution in [0, 0.1) is 0 Å². The van der Waals surface area contributed by atoms with Crippen LogP contribution in [-0.2, 0) is 0 Å². The molecule has 0 fully saturated rings. The van der Waals surface area contributed by atoms with E-state index >= 15 is 0 Å². The second-order valence-electron chi connectivity index (χ2n) is 2.93. The van der Waals surface area contributed by atoms with E-state index in [0.717, 1.165) is 39.0 Å². The Hall–Kier alpha value is -1.32. The molecule has 0 aromatic heterocycles. The van der Waals surface area contributed by atoms with Crippen LogP contribution in [0.3, 0.4) is 0 Å². The van der Waals surface area contributed by atoms with Crippen molar-refractivity contribution in [3.05, 3.63) is 0 Å². The monoisotopic (exact) mass is 192 g/mol. The van der Waals surface area contributed by atoms with Crippen LogP contribution in [0.2, 0.25) is 0 Å². The topological polar surface area (TPSA) is 49.4 Å². The summed E-state index contributed by atoms with van der Waals surface area (Å²) < 4.78 is 0. The predicted molar refractivity (Wildman–Crippen MR) is 62.7 cm³/mol. The van der Waals surface area contributed by atoms with E-state index in [0.29, 0.717) is 0 Å². The van der Waals surface area contributed by atoms with Crippen LogP contribution in [0.5, 0.6) is 0 Å². The summed E-state index contributed by atoms with van der Waals surface area (Å²) in [6, 6.07) is 0. The SMILES string of the molecule is C1=NCCCN=CC=NCCCN=C1. The third-order valence-electron chi connectivity index (χ3n) is 1.70. The first-order valence-corrected chi connectivity index (χ1v) is 4.96. The fraction of sp³-hybridized carbons (Fsp3) is 0.600. The predicted octanol–water partition coefficient (Wildman–Crippen LogP) is 1.06. The van der Waals surface area contributed by atoms with Gasteiger partial charge in [-0.2, -0.15) is 0 Å². The molecule has 0 unspecified atom stereocenters. The standard InChI is InChI=1S/C10H16N4/c1-3-11-7-9-13-5-2-6-14-10-8-12-4-1/h7-10H,1-6H2. The molecule has 1 aliphatic heterocycles. The van der Waals surface area contributed by atoms with Crippen molar-refractivity contribution in [2.75, 3.05) is 26.2 Å². The Morgan fingerprint density at radius 2 is 0.786 bits per heavy atom. The Balaban J connectivity index is 2.33. The Bertz CT molecular complexity index is 191. The van der Waals surface area contributed by atoms with Gasteiger partial charge in [-0.3, -0.25) is 20.0 Å². The van der Waals surface area contributed by atoms with Gasteiger partial charge < -0.3 is 0 Å². The molecule has 1 rings (SSSR count). The number of rotatable bonds is 0. The summed E-state index contributed by atoms with van der Waals surface area (Å²) in [6.07, 6.45) is 9.01. The normalized spacial score (nSPS) is 19.4. The van der Waals surface area contributed by atoms with Crippen molar-refractivity contribution in [1.82, 2.24) is 0 Å². The summed E-state index contributed by atoms with van der Waals surface area (Å²) >= 11 is 0. The van der Waals surface area contributed by atoms with Crippen LogP contribution < -0.4 is 0 Å². The van der Waals surface area contributed by atoms with Gasteiger partial charge in [0.25, 0.3) is 0 Å². The second kappa shape index (κ2) is 8.29. The fourth-order valence-electron chi connectivity index (χ4n) is 0.993. The van der Waals surface area contributed by atoms with Crippen LogP contribution in [0.15, 0.2) is 20.0 Å². The number of hydrogen-bond acceptors (Lipinski definition) is 4. The zero-order valence-corrected chi connectivity index (χ0v) is 8.34. The lowest BCUT2D eigenvalue weighted by molar-refractivity contribution is 0.846. The van der Waals surface area contributed by atoms with Gasteiger partial charge >= 0.3 is 0 Å². The molecule has 0 aliphatic carbocycles. The zero-order valence-electron chi connectivity index (χ0n) is 8.34. The molecule has 0 radical (unpaired) electrons. The molecule has 76 valence electrons. The molecule has 0 N–H and O–H groups in total. The van der Waals surface area contributed by atoms with Crippen molar-refractivity contribution in [3.63, 3.8) is 0 Å². The summed E-state index contributed by atoms with van der Waals surface area (Å²) in [5.41, 5.74) is 0. The maximum atomic E-state index is 4.18. The Morgan fingerprint density at radius 1 is 0.500 bits per heavy atom. The Labute approximate surface area is 84.6 Å². The quantitative estimate of drug-likeness (QED) is 0.551. The third kappa shape index (κ3) is 6.22. The first-order chi connectivity index (χ1) is 7.00. The highest BCUT2D eigenvalue weighted by atomic mass is 14.8. The van der Waals surface area contributed by atoms with Gasteiger partial charge in [0.15, 0.2) is 0 Å². The van der Waals surface area contributed by atoms with Crippen LogP contribution in [0.1, 0.15) is 12.8 Å². The van der Waals surface area contributed by atoms with E-state index in [1.54, 1.807) is 24.9 Å². The van der Waals surface area contributed by atoms with Crippen molar-refractivity contribution >= 4 is 24.9 Å². The highest BCUT2D eigenvalue weighted by molar-refractivity contribution is 6.16. The molecule has 4 nitrogen and oxygen atoms in total. The molecular weight excluding hydrogens is 176 g/mol. The van der Waals surface area contributed by atoms with Crippen LogP contribution in [-0.4, -0.2) is 51.0 Å². The first-order valence-electron chi connectivity index (χ1n) is 4.96. The van der Waals surface area contributed by atoms with Gasteiger partial charge in [-0.15, -0.1) is 0 Å². The molecule has 0 spiro atoms. The lowest BCUT2D eigenvalue weighted by Gasteiger charge is -1.92. The van der Waals surface area contributed by atoms with Crippen molar-refractivity contribution in [2.24, 2.45) is 20.0 Å². The second-order valence-corrected chi connectivity index (χ2v) is 2.93. The minimum Gasteiger partial charge on any atom is -0.292 e. The zero-order chi connectivity index (χ0) is 9.90. The molecular formula is C10H16N4. The molecule has 1 heterocycles. The highest BCUT2D eigenvalue weighted by Crippen LogP contribution is 1.84. The molecule has 0 aromatic rings. The minimum atomic E-state index is 0.820. The van der Waals surface area contributed by atoms with Crippen molar-refractivity contribution in [2.45, 2.75) is 12.8 Å². The van der Waals surface area contributed by atoms with Crippen LogP contribution >= 0.6 is 0 Å². The average Bonchev–Trinajstić information content (AvgIpc) is 2.22. The van der Waals surface area contributed by atoms with E-state index in [9.17, 15) is 0 Å². The minimum absolute atomic E-state index is 0.820. The van der Waals surface area contributed by atoms with Gasteiger partial charge in [0.05, 0.1) is 0 Å². The highest BCUT2D eigenvalue weighted by Gasteiger charge is 1.83. The third-order valence-corrected chi connectivity index (χ3v) is 1.70. The fourth-order valence-corrected chi connectivity index (χ4v) is 0.993. The summed E-state index contributed by atoms with van der Waals surface area (Å²) in [4.78, 5) is 16.7.